The molecule has 3 N–H and O–H groups in total. The second kappa shape index (κ2) is 42.6. The Morgan fingerprint density at radius 1 is 0.556 bits per heavy atom. The molecule has 0 radical (unpaired) electrons. The van der Waals surface area contributed by atoms with Gasteiger partial charge in [-0.2, -0.15) is 0 Å². The number of carbonyl (C=O) groups excluding carboxylic acids is 1. The fourth-order valence-electron chi connectivity index (χ4n) is 5.98. The molecule has 0 bridgehead atoms. The van der Waals surface area contributed by atoms with E-state index in [1.54, 1.807) is 0 Å². The summed E-state index contributed by atoms with van der Waals surface area (Å²) < 4.78 is 33.4. The monoisotopic (exact) mass is 782 g/mol. The lowest BCUT2D eigenvalue weighted by Crippen LogP contribution is -2.28. The number of rotatable bonds is 42. The average molecular weight is 782 g/mol. The van der Waals surface area contributed by atoms with E-state index in [0.29, 0.717) is 6.61 Å². The Hall–Kier alpha value is -1.54. The van der Waals surface area contributed by atoms with Crippen LogP contribution in [0.1, 0.15) is 194 Å². The highest BCUT2D eigenvalue weighted by atomic mass is 31.2. The molecule has 0 fully saturated rings. The summed E-state index contributed by atoms with van der Waals surface area (Å²) in [6, 6.07) is 0. The molecular formula is C45H84NO7P. The van der Waals surface area contributed by atoms with Crippen LogP contribution in [0, 0.1) is 0 Å². The smallest absolute Gasteiger partial charge is 0.457 e. The first kappa shape index (κ1) is 52.5. The Balaban J connectivity index is 4.08. The molecule has 0 saturated heterocycles. The van der Waals surface area contributed by atoms with Crippen molar-refractivity contribution in [2.75, 3.05) is 33.0 Å². The summed E-state index contributed by atoms with van der Waals surface area (Å²) in [4.78, 5) is 22.5. The van der Waals surface area contributed by atoms with Crippen molar-refractivity contribution < 1.29 is 32.8 Å². The Labute approximate surface area is 332 Å². The molecule has 316 valence electrons. The zero-order valence-corrected chi connectivity index (χ0v) is 35.8. The van der Waals surface area contributed by atoms with Crippen LogP contribution in [0.15, 0.2) is 48.6 Å². The van der Waals surface area contributed by atoms with E-state index in [1.165, 1.54) is 116 Å². The van der Waals surface area contributed by atoms with Gasteiger partial charge in [0, 0.05) is 19.6 Å². The second-order valence-electron chi connectivity index (χ2n) is 14.6. The van der Waals surface area contributed by atoms with Gasteiger partial charge in [-0.1, -0.05) is 172 Å². The van der Waals surface area contributed by atoms with Gasteiger partial charge in [0.1, 0.15) is 6.10 Å². The molecule has 8 nitrogen and oxygen atoms in total. The molecule has 0 aliphatic rings. The fraction of sp³-hybridized carbons (Fsp3) is 0.800. The summed E-state index contributed by atoms with van der Waals surface area (Å²) in [5.41, 5.74) is 5.37. The van der Waals surface area contributed by atoms with Crippen LogP contribution in [0.2, 0.25) is 0 Å². The molecule has 0 rings (SSSR count). The van der Waals surface area contributed by atoms with E-state index < -0.39 is 13.9 Å². The molecule has 2 unspecified atom stereocenters. The average Bonchev–Trinajstić information content (AvgIpc) is 3.16. The lowest BCUT2D eigenvalue weighted by atomic mass is 10.1. The normalized spacial score (nSPS) is 13.9. The Bertz CT molecular complexity index is 968. The third-order valence-corrected chi connectivity index (χ3v) is 10.3. The highest BCUT2D eigenvalue weighted by molar-refractivity contribution is 7.47. The van der Waals surface area contributed by atoms with Crippen molar-refractivity contribution in [3.05, 3.63) is 48.6 Å². The van der Waals surface area contributed by atoms with E-state index in [1.807, 2.05) is 0 Å². The van der Waals surface area contributed by atoms with Crippen LogP contribution in [0.3, 0.4) is 0 Å². The molecule has 2 atom stereocenters. The van der Waals surface area contributed by atoms with Crippen molar-refractivity contribution in [3.8, 4) is 0 Å². The largest absolute Gasteiger partial charge is 0.472 e. The van der Waals surface area contributed by atoms with Crippen LogP contribution in [0.4, 0.5) is 0 Å². The highest BCUT2D eigenvalue weighted by Crippen LogP contribution is 2.43. The van der Waals surface area contributed by atoms with Gasteiger partial charge in [-0.15, -0.1) is 0 Å². The minimum Gasteiger partial charge on any atom is -0.457 e. The lowest BCUT2D eigenvalue weighted by Gasteiger charge is -2.20. The summed E-state index contributed by atoms with van der Waals surface area (Å²) in [6.07, 6.45) is 49.9. The first-order chi connectivity index (χ1) is 26.4. The summed E-state index contributed by atoms with van der Waals surface area (Å²) >= 11 is 0. The Morgan fingerprint density at radius 3 is 1.41 bits per heavy atom. The van der Waals surface area contributed by atoms with E-state index >= 15 is 0 Å². The predicted octanol–water partition coefficient (Wildman–Crippen LogP) is 13.2. The summed E-state index contributed by atoms with van der Waals surface area (Å²) in [5, 5.41) is 0. The van der Waals surface area contributed by atoms with E-state index in [0.717, 1.165) is 57.8 Å². The van der Waals surface area contributed by atoms with Crippen LogP contribution in [-0.2, 0) is 27.9 Å². The maximum Gasteiger partial charge on any atom is 0.472 e. The fourth-order valence-corrected chi connectivity index (χ4v) is 6.74. The Kier molecular flexibility index (Phi) is 41.4. The number of esters is 1. The molecule has 0 aromatic rings. The van der Waals surface area contributed by atoms with Crippen LogP contribution < -0.4 is 5.73 Å². The molecule has 54 heavy (non-hydrogen) atoms. The van der Waals surface area contributed by atoms with Gasteiger partial charge >= 0.3 is 13.8 Å². The molecule has 0 spiro atoms. The number of ether oxygens (including phenoxy) is 2. The quantitative estimate of drug-likeness (QED) is 0.0272. The molecule has 9 heteroatoms. The van der Waals surface area contributed by atoms with Crippen LogP contribution in [0.5, 0.6) is 0 Å². The number of hydrogen-bond acceptors (Lipinski definition) is 7. The van der Waals surface area contributed by atoms with Crippen LogP contribution in [-0.4, -0.2) is 49.9 Å². The number of allylic oxidation sites excluding steroid dienone is 8. The third kappa shape index (κ3) is 41.6. The maximum atomic E-state index is 12.6. The molecule has 0 aromatic carbocycles. The van der Waals surface area contributed by atoms with Crippen molar-refractivity contribution in [2.45, 2.75) is 200 Å². The zero-order valence-electron chi connectivity index (χ0n) is 35.0. The maximum absolute atomic E-state index is 12.6. The SMILES string of the molecule is CCCCCCCCC=CC=CCCCCCC(=O)OC(COCCCCCCCCC=CC=CCCCCCCCCCC)COP(=O)(O)OCCN. The first-order valence-corrected chi connectivity index (χ1v) is 23.7. The summed E-state index contributed by atoms with van der Waals surface area (Å²) in [7, 11) is -4.29. The predicted molar refractivity (Wildman–Crippen MR) is 229 cm³/mol. The molecule has 0 heterocycles. The number of hydrogen-bond donors (Lipinski definition) is 2. The third-order valence-electron chi connectivity index (χ3n) is 9.27. The number of unbranched alkanes of at least 4 members (excludes halogenated alkanes) is 23. The number of phosphoric ester groups is 1. The van der Waals surface area contributed by atoms with Crippen molar-refractivity contribution >= 4 is 13.8 Å². The van der Waals surface area contributed by atoms with Gasteiger partial charge in [-0.05, 0) is 64.2 Å². The lowest BCUT2D eigenvalue weighted by molar-refractivity contribution is -0.154. The topological polar surface area (TPSA) is 117 Å². The Morgan fingerprint density at radius 2 is 0.963 bits per heavy atom. The molecule has 0 saturated carbocycles. The van der Waals surface area contributed by atoms with Crippen molar-refractivity contribution in [1.29, 1.82) is 0 Å². The minimum atomic E-state index is -4.29. The van der Waals surface area contributed by atoms with E-state index in [-0.39, 0.29) is 38.8 Å². The van der Waals surface area contributed by atoms with Crippen LogP contribution in [0.25, 0.3) is 0 Å². The van der Waals surface area contributed by atoms with Gasteiger partial charge in [0.05, 0.1) is 19.8 Å². The minimum absolute atomic E-state index is 0.0926. The van der Waals surface area contributed by atoms with Crippen molar-refractivity contribution in [2.24, 2.45) is 5.73 Å². The molecule has 0 aliphatic heterocycles. The van der Waals surface area contributed by atoms with E-state index in [4.69, 9.17) is 24.3 Å². The van der Waals surface area contributed by atoms with Gasteiger partial charge in [-0.25, -0.2) is 4.57 Å². The van der Waals surface area contributed by atoms with Crippen molar-refractivity contribution in [3.63, 3.8) is 0 Å². The van der Waals surface area contributed by atoms with Gasteiger partial charge in [0.25, 0.3) is 0 Å². The highest BCUT2D eigenvalue weighted by Gasteiger charge is 2.25. The zero-order chi connectivity index (χ0) is 39.5. The van der Waals surface area contributed by atoms with Crippen LogP contribution >= 0.6 is 7.82 Å². The number of phosphoric acid groups is 1. The summed E-state index contributed by atoms with van der Waals surface area (Å²) in [6.45, 7) is 4.85. The molecular weight excluding hydrogens is 697 g/mol. The van der Waals surface area contributed by atoms with E-state index in [2.05, 4.69) is 62.5 Å². The molecule has 0 amide bonds. The van der Waals surface area contributed by atoms with Gasteiger partial charge in [-0.3, -0.25) is 13.8 Å². The molecule has 0 aliphatic carbocycles. The number of carbonyl (C=O) groups is 1. The standard InChI is InChI=1S/C45H84NO7P/c1-3-5-7-9-11-13-15-17-19-20-21-22-23-25-27-29-31-33-35-37-40-50-42-44(43-52-54(48,49)51-41-39-46)53-45(47)38-36-34-32-30-28-26-24-18-16-14-12-10-8-6-4-2/h18,20-24,26,28,44H,3-17,19,25,27,29-43,46H2,1-2H3,(H,48,49). The second-order valence-corrected chi connectivity index (χ2v) is 16.1. The van der Waals surface area contributed by atoms with Gasteiger partial charge in [0.2, 0.25) is 0 Å². The molecule has 0 aromatic heterocycles. The van der Waals surface area contributed by atoms with E-state index in [9.17, 15) is 14.3 Å². The van der Waals surface area contributed by atoms with Crippen molar-refractivity contribution in [1.82, 2.24) is 0 Å². The number of nitrogens with two attached hydrogens (primary N) is 1. The summed E-state index contributed by atoms with van der Waals surface area (Å²) in [5.74, 6) is -0.360. The van der Waals surface area contributed by atoms with Gasteiger partial charge in [0.15, 0.2) is 0 Å². The first-order valence-electron chi connectivity index (χ1n) is 22.2. The van der Waals surface area contributed by atoms with Gasteiger partial charge < -0.3 is 20.1 Å².